The summed E-state index contributed by atoms with van der Waals surface area (Å²) in [5.74, 6) is 0. The number of amides is 1. The van der Waals surface area contributed by atoms with E-state index >= 15 is 0 Å². The molecule has 1 heterocycles. The Bertz CT molecular complexity index is 1050. The summed E-state index contributed by atoms with van der Waals surface area (Å²) in [5, 5.41) is 0. The molecule has 31 heavy (non-hydrogen) atoms. The molecule has 1 fully saturated rings. The number of aryl methyl sites for hydroxylation is 2. The molecule has 2 aromatic carbocycles. The molecule has 0 aliphatic carbocycles. The van der Waals surface area contributed by atoms with Crippen molar-refractivity contribution in [1.29, 1.82) is 0 Å². The average Bonchev–Trinajstić information content (AvgIpc) is 2.69. The first kappa shape index (κ1) is 22.9. The molecule has 1 aliphatic rings. The molecule has 3 rings (SSSR count). The van der Waals surface area contributed by atoms with Crippen molar-refractivity contribution < 1.29 is 17.9 Å². The van der Waals surface area contributed by atoms with E-state index in [0.717, 1.165) is 11.3 Å². The molecule has 2 aromatic rings. The number of carbonyl (C=O) groups excluding carboxylic acids is 1. The second-order valence-electron chi connectivity index (χ2n) is 8.85. The first-order valence-corrected chi connectivity index (χ1v) is 11.9. The molecule has 1 saturated heterocycles. The second kappa shape index (κ2) is 8.78. The summed E-state index contributed by atoms with van der Waals surface area (Å²) >= 11 is 0. The van der Waals surface area contributed by atoms with Gasteiger partial charge in [-0.05, 0) is 63.9 Å². The Morgan fingerprint density at radius 3 is 2.29 bits per heavy atom. The van der Waals surface area contributed by atoms with E-state index in [1.807, 2.05) is 52.0 Å². The van der Waals surface area contributed by atoms with Crippen LogP contribution in [0, 0.1) is 13.8 Å². The number of piperazine rings is 1. The lowest BCUT2D eigenvalue weighted by atomic mass is 10.2. The predicted molar refractivity (Wildman–Crippen MR) is 123 cm³/mol. The number of ether oxygens (including phenoxy) is 1. The van der Waals surface area contributed by atoms with Crippen molar-refractivity contribution in [2.24, 2.45) is 0 Å². The molecule has 8 heteroatoms. The molecule has 0 atom stereocenters. The molecular formula is C23H31N3O4S. The highest BCUT2D eigenvalue weighted by atomic mass is 32.2. The Balaban J connectivity index is 1.76. The van der Waals surface area contributed by atoms with E-state index in [9.17, 15) is 13.2 Å². The number of nitrogens with zero attached hydrogens (tertiary/aromatic N) is 2. The number of carbonyl (C=O) groups is 1. The van der Waals surface area contributed by atoms with Crippen LogP contribution in [-0.4, -0.2) is 51.2 Å². The zero-order valence-corrected chi connectivity index (χ0v) is 19.6. The molecule has 0 spiro atoms. The van der Waals surface area contributed by atoms with Crippen molar-refractivity contribution in [1.82, 2.24) is 4.90 Å². The third kappa shape index (κ3) is 5.70. The Morgan fingerprint density at radius 1 is 1.00 bits per heavy atom. The number of rotatable bonds is 4. The van der Waals surface area contributed by atoms with Crippen molar-refractivity contribution in [3.63, 3.8) is 0 Å². The van der Waals surface area contributed by atoms with E-state index in [0.29, 0.717) is 37.4 Å². The number of benzene rings is 2. The third-order valence-corrected chi connectivity index (χ3v) is 6.56. The molecule has 1 aliphatic heterocycles. The Kier molecular flexibility index (Phi) is 6.50. The van der Waals surface area contributed by atoms with Gasteiger partial charge in [-0.25, -0.2) is 13.2 Å². The van der Waals surface area contributed by atoms with E-state index in [1.54, 1.807) is 30.0 Å². The number of para-hydroxylation sites is 2. The number of anilines is 2. The Morgan fingerprint density at radius 2 is 1.65 bits per heavy atom. The molecule has 0 saturated carbocycles. The molecule has 1 N–H and O–H groups in total. The fraction of sp³-hybridized carbons (Fsp3) is 0.435. The molecule has 0 unspecified atom stereocenters. The van der Waals surface area contributed by atoms with Crippen molar-refractivity contribution in [3.05, 3.63) is 53.6 Å². The molecule has 0 aromatic heterocycles. The van der Waals surface area contributed by atoms with Gasteiger partial charge in [-0.3, -0.25) is 4.72 Å². The maximum atomic E-state index is 13.1. The lowest BCUT2D eigenvalue weighted by Crippen LogP contribution is -2.50. The molecule has 1 amide bonds. The van der Waals surface area contributed by atoms with Crippen LogP contribution in [0.25, 0.3) is 0 Å². The minimum Gasteiger partial charge on any atom is -0.444 e. The minimum absolute atomic E-state index is 0.275. The van der Waals surface area contributed by atoms with Crippen molar-refractivity contribution >= 4 is 27.5 Å². The topological polar surface area (TPSA) is 79.0 Å². The van der Waals surface area contributed by atoms with Crippen LogP contribution in [0.15, 0.2) is 47.4 Å². The van der Waals surface area contributed by atoms with Crippen LogP contribution >= 0.6 is 0 Å². The van der Waals surface area contributed by atoms with Gasteiger partial charge >= 0.3 is 6.09 Å². The largest absolute Gasteiger partial charge is 0.444 e. The number of hydrogen-bond donors (Lipinski definition) is 1. The van der Waals surface area contributed by atoms with Gasteiger partial charge in [0.1, 0.15) is 5.60 Å². The molecule has 7 nitrogen and oxygen atoms in total. The van der Waals surface area contributed by atoms with Crippen LogP contribution in [0.4, 0.5) is 16.2 Å². The van der Waals surface area contributed by atoms with Gasteiger partial charge in [0.05, 0.1) is 16.3 Å². The second-order valence-corrected chi connectivity index (χ2v) is 10.5. The number of hydrogen-bond acceptors (Lipinski definition) is 5. The average molecular weight is 446 g/mol. The van der Waals surface area contributed by atoms with E-state index < -0.39 is 15.6 Å². The highest BCUT2D eigenvalue weighted by molar-refractivity contribution is 7.92. The van der Waals surface area contributed by atoms with Gasteiger partial charge in [-0.1, -0.05) is 24.3 Å². The van der Waals surface area contributed by atoms with Gasteiger partial charge < -0.3 is 14.5 Å². The minimum atomic E-state index is -3.73. The van der Waals surface area contributed by atoms with Crippen LogP contribution in [0.5, 0.6) is 0 Å². The van der Waals surface area contributed by atoms with Crippen LogP contribution in [0.3, 0.4) is 0 Å². The van der Waals surface area contributed by atoms with Crippen LogP contribution in [-0.2, 0) is 14.8 Å². The van der Waals surface area contributed by atoms with E-state index in [4.69, 9.17) is 4.74 Å². The lowest BCUT2D eigenvalue weighted by Gasteiger charge is -2.37. The zero-order chi connectivity index (χ0) is 22.8. The summed E-state index contributed by atoms with van der Waals surface area (Å²) < 4.78 is 34.4. The van der Waals surface area contributed by atoms with E-state index in [-0.39, 0.29) is 11.0 Å². The predicted octanol–water partition coefficient (Wildman–Crippen LogP) is 4.16. The summed E-state index contributed by atoms with van der Waals surface area (Å²) in [5.41, 5.74) is 2.36. The SMILES string of the molecule is Cc1ccc(C)c(S(=O)(=O)Nc2ccccc2N2CCN(C(=O)OC(C)(C)C)CC2)c1. The summed E-state index contributed by atoms with van der Waals surface area (Å²) in [6, 6.07) is 12.7. The van der Waals surface area contributed by atoms with Crippen LogP contribution < -0.4 is 9.62 Å². The van der Waals surface area contributed by atoms with Crippen LogP contribution in [0.1, 0.15) is 31.9 Å². The Labute approximate surface area is 185 Å². The number of sulfonamides is 1. The maximum Gasteiger partial charge on any atom is 0.410 e. The van der Waals surface area contributed by atoms with Crippen molar-refractivity contribution in [2.45, 2.75) is 45.1 Å². The molecular weight excluding hydrogens is 414 g/mol. The Hall–Kier alpha value is -2.74. The van der Waals surface area contributed by atoms with Gasteiger partial charge in [-0.15, -0.1) is 0 Å². The zero-order valence-electron chi connectivity index (χ0n) is 18.8. The summed E-state index contributed by atoms with van der Waals surface area (Å²) in [7, 11) is -3.73. The molecule has 0 bridgehead atoms. The van der Waals surface area contributed by atoms with E-state index in [2.05, 4.69) is 9.62 Å². The number of nitrogens with one attached hydrogen (secondary N) is 1. The van der Waals surface area contributed by atoms with Crippen molar-refractivity contribution in [2.75, 3.05) is 35.8 Å². The van der Waals surface area contributed by atoms with Gasteiger partial charge in [0, 0.05) is 26.2 Å². The third-order valence-electron chi connectivity index (χ3n) is 5.05. The molecule has 0 radical (unpaired) electrons. The van der Waals surface area contributed by atoms with Gasteiger partial charge in [0.25, 0.3) is 10.0 Å². The van der Waals surface area contributed by atoms with Gasteiger partial charge in [0.2, 0.25) is 0 Å². The van der Waals surface area contributed by atoms with Crippen LogP contribution in [0.2, 0.25) is 0 Å². The first-order valence-electron chi connectivity index (χ1n) is 10.4. The molecule has 168 valence electrons. The maximum absolute atomic E-state index is 13.1. The highest BCUT2D eigenvalue weighted by Gasteiger charge is 2.27. The summed E-state index contributed by atoms with van der Waals surface area (Å²) in [6.07, 6.45) is -0.323. The standard InChI is InChI=1S/C23H31N3O4S/c1-17-10-11-18(2)21(16-17)31(28,29)24-19-8-6-7-9-20(19)25-12-14-26(15-13-25)22(27)30-23(3,4)5/h6-11,16,24H,12-15H2,1-5H3. The smallest absolute Gasteiger partial charge is 0.410 e. The highest BCUT2D eigenvalue weighted by Crippen LogP contribution is 2.30. The monoisotopic (exact) mass is 445 g/mol. The fourth-order valence-corrected chi connectivity index (χ4v) is 4.89. The quantitative estimate of drug-likeness (QED) is 0.764. The summed E-state index contributed by atoms with van der Waals surface area (Å²) in [4.78, 5) is 16.4. The van der Waals surface area contributed by atoms with E-state index in [1.165, 1.54) is 0 Å². The first-order chi connectivity index (χ1) is 14.5. The van der Waals surface area contributed by atoms with Gasteiger partial charge in [-0.2, -0.15) is 0 Å². The summed E-state index contributed by atoms with van der Waals surface area (Å²) in [6.45, 7) is 11.4. The van der Waals surface area contributed by atoms with Gasteiger partial charge in [0.15, 0.2) is 0 Å². The normalized spacial score (nSPS) is 15.0. The lowest BCUT2D eigenvalue weighted by molar-refractivity contribution is 0.0240. The fourth-order valence-electron chi connectivity index (χ4n) is 3.49. The van der Waals surface area contributed by atoms with Crippen molar-refractivity contribution in [3.8, 4) is 0 Å².